The average molecular weight is 231 g/mol. The van der Waals surface area contributed by atoms with Crippen LogP contribution in [0.1, 0.15) is 35.6 Å². The van der Waals surface area contributed by atoms with E-state index in [9.17, 15) is 8.42 Å². The fourth-order valence-corrected chi connectivity index (χ4v) is 3.64. The minimum absolute atomic E-state index is 0.282. The summed E-state index contributed by atoms with van der Waals surface area (Å²) in [7, 11) is 1.93. The number of halogens is 1. The van der Waals surface area contributed by atoms with E-state index in [4.69, 9.17) is 10.7 Å². The molecule has 76 valence electrons. The van der Waals surface area contributed by atoms with Crippen molar-refractivity contribution in [1.29, 1.82) is 0 Å². The SMILES string of the molecule is CC1CC(S(=O)(=O)Cl)c2ccccc21. The van der Waals surface area contributed by atoms with Gasteiger partial charge in [0.2, 0.25) is 9.05 Å². The first-order valence-corrected chi connectivity index (χ1v) is 6.89. The highest BCUT2D eigenvalue weighted by Crippen LogP contribution is 2.45. The lowest BCUT2D eigenvalue weighted by atomic mass is 10.0. The van der Waals surface area contributed by atoms with Crippen LogP contribution in [-0.2, 0) is 9.05 Å². The molecule has 0 spiro atoms. The number of rotatable bonds is 1. The predicted molar refractivity (Wildman–Crippen MR) is 57.0 cm³/mol. The van der Waals surface area contributed by atoms with Gasteiger partial charge in [0, 0.05) is 10.7 Å². The zero-order valence-electron chi connectivity index (χ0n) is 7.77. The first-order chi connectivity index (χ1) is 6.50. The van der Waals surface area contributed by atoms with Gasteiger partial charge in [-0.3, -0.25) is 0 Å². The average Bonchev–Trinajstić information content (AvgIpc) is 2.44. The van der Waals surface area contributed by atoms with Gasteiger partial charge in [-0.1, -0.05) is 31.2 Å². The Morgan fingerprint density at radius 2 is 1.86 bits per heavy atom. The number of hydrogen-bond donors (Lipinski definition) is 0. The van der Waals surface area contributed by atoms with Crippen LogP contribution in [0.4, 0.5) is 0 Å². The minimum Gasteiger partial charge on any atom is -0.212 e. The summed E-state index contributed by atoms with van der Waals surface area (Å²) >= 11 is 0. The molecule has 0 N–H and O–H groups in total. The van der Waals surface area contributed by atoms with Gasteiger partial charge < -0.3 is 0 Å². The summed E-state index contributed by atoms with van der Waals surface area (Å²) in [5.41, 5.74) is 1.98. The minimum atomic E-state index is -3.48. The van der Waals surface area contributed by atoms with Crippen molar-refractivity contribution in [3.05, 3.63) is 35.4 Å². The smallest absolute Gasteiger partial charge is 0.212 e. The molecule has 4 heteroatoms. The van der Waals surface area contributed by atoms with Gasteiger partial charge in [0.1, 0.15) is 5.25 Å². The van der Waals surface area contributed by atoms with E-state index in [0.717, 1.165) is 11.1 Å². The fraction of sp³-hybridized carbons (Fsp3) is 0.400. The van der Waals surface area contributed by atoms with Gasteiger partial charge in [-0.2, -0.15) is 0 Å². The third kappa shape index (κ3) is 1.55. The van der Waals surface area contributed by atoms with E-state index in [1.165, 1.54) is 0 Å². The van der Waals surface area contributed by atoms with Crippen LogP contribution in [0.3, 0.4) is 0 Å². The van der Waals surface area contributed by atoms with Crippen LogP contribution >= 0.6 is 10.7 Å². The van der Waals surface area contributed by atoms with Gasteiger partial charge in [-0.05, 0) is 23.5 Å². The molecule has 2 nitrogen and oxygen atoms in total. The summed E-state index contributed by atoms with van der Waals surface area (Å²) in [5.74, 6) is 0.282. The summed E-state index contributed by atoms with van der Waals surface area (Å²) in [6.07, 6.45) is 0.602. The molecule has 0 aliphatic heterocycles. The van der Waals surface area contributed by atoms with Crippen molar-refractivity contribution in [3.63, 3.8) is 0 Å². The zero-order chi connectivity index (χ0) is 10.3. The Morgan fingerprint density at radius 1 is 1.29 bits per heavy atom. The zero-order valence-corrected chi connectivity index (χ0v) is 9.35. The molecular weight excluding hydrogens is 220 g/mol. The van der Waals surface area contributed by atoms with Crippen molar-refractivity contribution in [1.82, 2.24) is 0 Å². The first kappa shape index (κ1) is 9.99. The Balaban J connectivity index is 2.55. The Kier molecular flexibility index (Phi) is 2.32. The third-order valence-corrected chi connectivity index (χ3v) is 4.55. The molecule has 1 aliphatic rings. The van der Waals surface area contributed by atoms with Crippen LogP contribution in [0.2, 0.25) is 0 Å². The van der Waals surface area contributed by atoms with E-state index in [-0.39, 0.29) is 5.92 Å². The van der Waals surface area contributed by atoms with Crippen LogP contribution < -0.4 is 0 Å². The second-order valence-electron chi connectivity index (χ2n) is 3.73. The number of benzene rings is 1. The number of hydrogen-bond acceptors (Lipinski definition) is 2. The molecule has 2 unspecified atom stereocenters. The standard InChI is InChI=1S/C10H11ClO2S/c1-7-6-10(14(11,12)13)9-5-3-2-4-8(7)9/h2-5,7,10H,6H2,1H3. The van der Waals surface area contributed by atoms with Crippen LogP contribution in [-0.4, -0.2) is 8.42 Å². The molecule has 0 radical (unpaired) electrons. The van der Waals surface area contributed by atoms with E-state index in [1.54, 1.807) is 0 Å². The van der Waals surface area contributed by atoms with E-state index in [1.807, 2.05) is 31.2 Å². The molecule has 1 aromatic carbocycles. The Bertz CT molecular complexity index is 453. The molecular formula is C10H11ClO2S. The van der Waals surface area contributed by atoms with Crippen molar-refractivity contribution in [2.24, 2.45) is 0 Å². The van der Waals surface area contributed by atoms with Crippen LogP contribution in [0.15, 0.2) is 24.3 Å². The molecule has 2 rings (SSSR count). The lowest BCUT2D eigenvalue weighted by molar-refractivity contribution is 0.589. The van der Waals surface area contributed by atoms with Crippen molar-refractivity contribution in [2.75, 3.05) is 0 Å². The van der Waals surface area contributed by atoms with Gasteiger partial charge in [-0.25, -0.2) is 8.42 Å². The maximum absolute atomic E-state index is 11.3. The van der Waals surface area contributed by atoms with Crippen molar-refractivity contribution in [2.45, 2.75) is 24.5 Å². The molecule has 2 atom stereocenters. The predicted octanol–water partition coefficient (Wildman–Crippen LogP) is 2.80. The Morgan fingerprint density at radius 3 is 2.43 bits per heavy atom. The van der Waals surface area contributed by atoms with E-state index >= 15 is 0 Å². The normalized spacial score (nSPS) is 26.1. The molecule has 1 aliphatic carbocycles. The molecule has 0 saturated carbocycles. The number of fused-ring (bicyclic) bond motifs is 1. The van der Waals surface area contributed by atoms with Gasteiger partial charge in [0.15, 0.2) is 0 Å². The van der Waals surface area contributed by atoms with Crippen molar-refractivity contribution < 1.29 is 8.42 Å². The van der Waals surface area contributed by atoms with Crippen LogP contribution in [0.5, 0.6) is 0 Å². The van der Waals surface area contributed by atoms with Crippen LogP contribution in [0, 0.1) is 0 Å². The molecule has 0 bridgehead atoms. The maximum Gasteiger partial charge on any atom is 0.239 e. The van der Waals surface area contributed by atoms with E-state index in [2.05, 4.69) is 0 Å². The van der Waals surface area contributed by atoms with Crippen LogP contribution in [0.25, 0.3) is 0 Å². The van der Waals surface area contributed by atoms with E-state index < -0.39 is 14.3 Å². The maximum atomic E-state index is 11.3. The molecule has 0 heterocycles. The van der Waals surface area contributed by atoms with Crippen molar-refractivity contribution >= 4 is 19.7 Å². The monoisotopic (exact) mass is 230 g/mol. The summed E-state index contributed by atoms with van der Waals surface area (Å²) in [6.45, 7) is 2.03. The fourth-order valence-electron chi connectivity index (χ4n) is 2.09. The van der Waals surface area contributed by atoms with Gasteiger partial charge in [0.25, 0.3) is 0 Å². The highest BCUT2D eigenvalue weighted by atomic mass is 35.7. The molecule has 1 aromatic rings. The molecule has 0 fully saturated rings. The summed E-state index contributed by atoms with van der Waals surface area (Å²) < 4.78 is 22.6. The first-order valence-electron chi connectivity index (χ1n) is 4.52. The lowest BCUT2D eigenvalue weighted by Gasteiger charge is -2.05. The Hall–Kier alpha value is -0.540. The Labute approximate surface area is 88.3 Å². The highest BCUT2D eigenvalue weighted by Gasteiger charge is 2.35. The van der Waals surface area contributed by atoms with Gasteiger partial charge >= 0.3 is 0 Å². The van der Waals surface area contributed by atoms with Crippen molar-refractivity contribution in [3.8, 4) is 0 Å². The topological polar surface area (TPSA) is 34.1 Å². The third-order valence-electron chi connectivity index (χ3n) is 2.78. The molecule has 14 heavy (non-hydrogen) atoms. The summed E-state index contributed by atoms with van der Waals surface area (Å²) in [6, 6.07) is 7.61. The van der Waals surface area contributed by atoms with Gasteiger partial charge in [0.05, 0.1) is 0 Å². The quantitative estimate of drug-likeness (QED) is 0.696. The lowest BCUT2D eigenvalue weighted by Crippen LogP contribution is -2.02. The summed E-state index contributed by atoms with van der Waals surface area (Å²) in [4.78, 5) is 0. The largest absolute Gasteiger partial charge is 0.239 e. The van der Waals surface area contributed by atoms with E-state index in [0.29, 0.717) is 6.42 Å². The van der Waals surface area contributed by atoms with Gasteiger partial charge in [-0.15, -0.1) is 0 Å². The molecule has 0 saturated heterocycles. The second kappa shape index (κ2) is 3.24. The molecule has 0 amide bonds. The second-order valence-corrected chi connectivity index (χ2v) is 6.54. The summed E-state index contributed by atoms with van der Waals surface area (Å²) in [5, 5.41) is -0.518. The highest BCUT2D eigenvalue weighted by molar-refractivity contribution is 8.13. The molecule has 0 aromatic heterocycles.